The van der Waals surface area contributed by atoms with Crippen molar-refractivity contribution in [2.24, 2.45) is 0 Å². The van der Waals surface area contributed by atoms with Gasteiger partial charge < -0.3 is 15.5 Å². The molecule has 1 aromatic carbocycles. The maximum atomic E-state index is 5.29. The molecule has 0 aliphatic carbocycles. The smallest absolute Gasteiger partial charge is 0.170 e. The lowest BCUT2D eigenvalue weighted by Gasteiger charge is -2.26. The van der Waals surface area contributed by atoms with Crippen LogP contribution >= 0.6 is 12.2 Å². The summed E-state index contributed by atoms with van der Waals surface area (Å²) in [6.07, 6.45) is 4.06. The first-order chi connectivity index (χ1) is 9.24. The van der Waals surface area contributed by atoms with Crippen LogP contribution in [0.4, 0.5) is 5.69 Å². The Bertz CT molecular complexity index is 396. The minimum Gasteiger partial charge on any atom is -0.361 e. The maximum Gasteiger partial charge on any atom is 0.170 e. The van der Waals surface area contributed by atoms with Gasteiger partial charge in [0.05, 0.1) is 0 Å². The van der Waals surface area contributed by atoms with Crippen LogP contribution in [0, 0.1) is 6.92 Å². The number of piperidine rings is 1. The van der Waals surface area contributed by atoms with Gasteiger partial charge in [0.1, 0.15) is 0 Å². The lowest BCUT2D eigenvalue weighted by atomic mass is 10.1. The second-order valence-corrected chi connectivity index (χ2v) is 5.56. The molecule has 0 aromatic heterocycles. The van der Waals surface area contributed by atoms with E-state index in [0.717, 1.165) is 18.8 Å². The van der Waals surface area contributed by atoms with Crippen LogP contribution in [0.5, 0.6) is 0 Å². The summed E-state index contributed by atoms with van der Waals surface area (Å²) in [7, 11) is 0. The molecule has 0 saturated carbocycles. The molecule has 104 valence electrons. The van der Waals surface area contributed by atoms with E-state index >= 15 is 0 Å². The van der Waals surface area contributed by atoms with Crippen LogP contribution in [0.25, 0.3) is 0 Å². The molecule has 19 heavy (non-hydrogen) atoms. The first-order valence-corrected chi connectivity index (χ1v) is 7.49. The molecule has 1 fully saturated rings. The molecule has 4 heteroatoms. The van der Waals surface area contributed by atoms with Gasteiger partial charge in [0, 0.05) is 18.8 Å². The normalized spacial score (nSPS) is 16.1. The first kappa shape index (κ1) is 14.3. The van der Waals surface area contributed by atoms with Crippen molar-refractivity contribution in [2.45, 2.75) is 26.2 Å². The molecule has 2 rings (SSSR count). The van der Waals surface area contributed by atoms with Crippen molar-refractivity contribution >= 4 is 23.0 Å². The summed E-state index contributed by atoms with van der Waals surface area (Å²) in [6.45, 7) is 6.55. The number of likely N-dealkylation sites (tertiary alicyclic amines) is 1. The van der Waals surface area contributed by atoms with Gasteiger partial charge in [-0.3, -0.25) is 0 Å². The van der Waals surface area contributed by atoms with Crippen LogP contribution in [0.1, 0.15) is 24.8 Å². The van der Waals surface area contributed by atoms with Crippen LogP contribution in [0.2, 0.25) is 0 Å². The van der Waals surface area contributed by atoms with Crippen LogP contribution in [0.3, 0.4) is 0 Å². The average Bonchev–Trinajstić information content (AvgIpc) is 2.43. The molecule has 0 spiro atoms. The highest BCUT2D eigenvalue weighted by molar-refractivity contribution is 7.80. The van der Waals surface area contributed by atoms with E-state index in [1.807, 2.05) is 12.1 Å². The number of thiocarbonyl (C=S) groups is 1. The van der Waals surface area contributed by atoms with Crippen molar-refractivity contribution in [3.63, 3.8) is 0 Å². The monoisotopic (exact) mass is 277 g/mol. The van der Waals surface area contributed by atoms with Crippen molar-refractivity contribution in [2.75, 3.05) is 31.5 Å². The molecule has 1 aliphatic heterocycles. The first-order valence-electron chi connectivity index (χ1n) is 7.08. The number of anilines is 1. The van der Waals surface area contributed by atoms with Crippen LogP contribution in [0.15, 0.2) is 24.3 Å². The second kappa shape index (κ2) is 7.46. The summed E-state index contributed by atoms with van der Waals surface area (Å²) in [5, 5.41) is 7.19. The number of rotatable bonds is 4. The van der Waals surface area contributed by atoms with E-state index in [9.17, 15) is 0 Å². The molecule has 2 N–H and O–H groups in total. The Kier molecular flexibility index (Phi) is 5.61. The molecule has 1 aromatic rings. The Hall–Kier alpha value is -1.13. The van der Waals surface area contributed by atoms with Gasteiger partial charge in [-0.1, -0.05) is 24.1 Å². The number of hydrogen-bond acceptors (Lipinski definition) is 2. The summed E-state index contributed by atoms with van der Waals surface area (Å²) < 4.78 is 0. The van der Waals surface area contributed by atoms with Gasteiger partial charge in [-0.2, -0.15) is 0 Å². The molecule has 1 saturated heterocycles. The maximum absolute atomic E-state index is 5.29. The third kappa shape index (κ3) is 5.17. The van der Waals surface area contributed by atoms with E-state index in [2.05, 4.69) is 34.6 Å². The van der Waals surface area contributed by atoms with Gasteiger partial charge in [-0.05, 0) is 57.2 Å². The van der Waals surface area contributed by atoms with E-state index in [1.165, 1.54) is 37.9 Å². The summed E-state index contributed by atoms with van der Waals surface area (Å²) in [6, 6.07) is 8.26. The van der Waals surface area contributed by atoms with Crippen molar-refractivity contribution in [3.8, 4) is 0 Å². The molecule has 0 unspecified atom stereocenters. The van der Waals surface area contributed by atoms with Crippen LogP contribution in [-0.2, 0) is 0 Å². The number of nitrogens with zero attached hydrogens (tertiary/aromatic N) is 1. The van der Waals surface area contributed by atoms with Crippen molar-refractivity contribution in [1.82, 2.24) is 10.2 Å². The van der Waals surface area contributed by atoms with Gasteiger partial charge in [-0.15, -0.1) is 0 Å². The molecule has 0 bridgehead atoms. The van der Waals surface area contributed by atoms with Gasteiger partial charge in [0.25, 0.3) is 0 Å². The number of hydrogen-bond donors (Lipinski definition) is 2. The van der Waals surface area contributed by atoms with E-state index in [0.29, 0.717) is 5.11 Å². The van der Waals surface area contributed by atoms with E-state index < -0.39 is 0 Å². The minimum atomic E-state index is 0.709. The highest BCUT2D eigenvalue weighted by atomic mass is 32.1. The Morgan fingerprint density at radius 3 is 2.53 bits per heavy atom. The highest BCUT2D eigenvalue weighted by Gasteiger charge is 2.09. The summed E-state index contributed by atoms with van der Waals surface area (Å²) in [4.78, 5) is 2.50. The Labute approximate surface area is 121 Å². The fourth-order valence-electron chi connectivity index (χ4n) is 2.32. The Morgan fingerprint density at radius 1 is 1.16 bits per heavy atom. The fraction of sp³-hybridized carbons (Fsp3) is 0.533. The average molecular weight is 277 g/mol. The molecular formula is C15H23N3S. The lowest BCUT2D eigenvalue weighted by Crippen LogP contribution is -2.38. The number of benzene rings is 1. The quantitative estimate of drug-likeness (QED) is 0.828. The molecule has 0 atom stereocenters. The summed E-state index contributed by atoms with van der Waals surface area (Å²) in [5.74, 6) is 0. The van der Waals surface area contributed by atoms with Crippen molar-refractivity contribution < 1.29 is 0 Å². The standard InChI is InChI=1S/C15H23N3S/c1-13-5-7-14(8-6-13)17-15(19)16-9-12-18-10-3-2-4-11-18/h5-8H,2-4,9-12H2,1H3,(H2,16,17,19). The number of aryl methyl sites for hydroxylation is 1. The highest BCUT2D eigenvalue weighted by Crippen LogP contribution is 2.09. The summed E-state index contributed by atoms with van der Waals surface area (Å²) in [5.41, 5.74) is 2.30. The second-order valence-electron chi connectivity index (χ2n) is 5.15. The van der Waals surface area contributed by atoms with Crippen LogP contribution in [-0.4, -0.2) is 36.2 Å². The Morgan fingerprint density at radius 2 is 1.84 bits per heavy atom. The van der Waals surface area contributed by atoms with Gasteiger partial charge in [0.15, 0.2) is 5.11 Å². The molecular weight excluding hydrogens is 254 g/mol. The zero-order valence-electron chi connectivity index (χ0n) is 11.6. The summed E-state index contributed by atoms with van der Waals surface area (Å²) >= 11 is 5.29. The van der Waals surface area contributed by atoms with Crippen LogP contribution < -0.4 is 10.6 Å². The third-order valence-electron chi connectivity index (χ3n) is 3.47. The number of nitrogens with one attached hydrogen (secondary N) is 2. The predicted molar refractivity (Wildman–Crippen MR) is 85.7 cm³/mol. The third-order valence-corrected chi connectivity index (χ3v) is 3.72. The van der Waals surface area contributed by atoms with E-state index in [-0.39, 0.29) is 0 Å². The Balaban J connectivity index is 1.65. The largest absolute Gasteiger partial charge is 0.361 e. The van der Waals surface area contributed by atoms with Gasteiger partial charge >= 0.3 is 0 Å². The fourth-order valence-corrected chi connectivity index (χ4v) is 2.54. The molecule has 0 radical (unpaired) electrons. The predicted octanol–water partition coefficient (Wildman–Crippen LogP) is 2.77. The molecule has 1 heterocycles. The molecule has 3 nitrogen and oxygen atoms in total. The van der Waals surface area contributed by atoms with E-state index in [1.54, 1.807) is 0 Å². The molecule has 0 amide bonds. The zero-order valence-corrected chi connectivity index (χ0v) is 12.4. The lowest BCUT2D eigenvalue weighted by molar-refractivity contribution is 0.232. The van der Waals surface area contributed by atoms with Crippen molar-refractivity contribution in [1.29, 1.82) is 0 Å². The van der Waals surface area contributed by atoms with E-state index in [4.69, 9.17) is 12.2 Å². The molecule has 1 aliphatic rings. The van der Waals surface area contributed by atoms with Gasteiger partial charge in [0.2, 0.25) is 0 Å². The van der Waals surface area contributed by atoms with Gasteiger partial charge in [-0.25, -0.2) is 0 Å². The minimum absolute atomic E-state index is 0.709. The van der Waals surface area contributed by atoms with Crippen molar-refractivity contribution in [3.05, 3.63) is 29.8 Å². The topological polar surface area (TPSA) is 27.3 Å². The SMILES string of the molecule is Cc1ccc(NC(=S)NCCN2CCCCC2)cc1. The zero-order chi connectivity index (χ0) is 13.5.